The van der Waals surface area contributed by atoms with Gasteiger partial charge in [-0.2, -0.15) is 0 Å². The molecule has 0 fully saturated rings. The summed E-state index contributed by atoms with van der Waals surface area (Å²) in [5.41, 5.74) is 2.93. The molecule has 1 aromatic heterocycles. The van der Waals surface area contributed by atoms with E-state index in [2.05, 4.69) is 20.6 Å². The molecule has 5 nitrogen and oxygen atoms in total. The summed E-state index contributed by atoms with van der Waals surface area (Å²) >= 11 is 0. The number of benzene rings is 1. The van der Waals surface area contributed by atoms with E-state index in [1.807, 2.05) is 38.1 Å². The van der Waals surface area contributed by atoms with Gasteiger partial charge in [0.1, 0.15) is 5.82 Å². The average Bonchev–Trinajstić information content (AvgIpc) is 2.61. The summed E-state index contributed by atoms with van der Waals surface area (Å²) in [5.74, 6) is 1.11. The minimum atomic E-state index is -0.199. The fourth-order valence-corrected chi connectivity index (χ4v) is 2.42. The Labute approximate surface area is 148 Å². The lowest BCUT2D eigenvalue weighted by Crippen LogP contribution is -2.38. The third kappa shape index (κ3) is 6.06. The largest absolute Gasteiger partial charge is 0.481 e. The molecule has 0 aliphatic carbocycles. The van der Waals surface area contributed by atoms with E-state index in [-0.39, 0.29) is 5.82 Å². The van der Waals surface area contributed by atoms with Crippen molar-refractivity contribution < 1.29 is 9.13 Å². The minimum Gasteiger partial charge on any atom is -0.481 e. The number of aromatic nitrogens is 1. The first kappa shape index (κ1) is 18.7. The topological polar surface area (TPSA) is 58.5 Å². The summed E-state index contributed by atoms with van der Waals surface area (Å²) in [6.45, 7) is 5.89. The van der Waals surface area contributed by atoms with Crippen LogP contribution in [-0.2, 0) is 13.0 Å². The number of aryl methyl sites for hydroxylation is 1. The Kier molecular flexibility index (Phi) is 7.19. The van der Waals surface area contributed by atoms with Crippen molar-refractivity contribution in [2.75, 3.05) is 20.2 Å². The number of nitrogens with one attached hydrogen (secondary N) is 2. The second-order valence-corrected chi connectivity index (χ2v) is 5.61. The van der Waals surface area contributed by atoms with Crippen LogP contribution in [0.15, 0.2) is 41.4 Å². The molecule has 25 heavy (non-hydrogen) atoms. The van der Waals surface area contributed by atoms with Gasteiger partial charge < -0.3 is 15.4 Å². The minimum absolute atomic E-state index is 0.199. The zero-order valence-corrected chi connectivity index (χ0v) is 15.0. The fraction of sp³-hybridized carbons (Fsp3) is 0.368. The molecule has 0 spiro atoms. The molecule has 0 bridgehead atoms. The molecule has 0 aliphatic heterocycles. The summed E-state index contributed by atoms with van der Waals surface area (Å²) in [6, 6.07) is 10.5. The Morgan fingerprint density at radius 1 is 1.24 bits per heavy atom. The molecule has 134 valence electrons. The van der Waals surface area contributed by atoms with Gasteiger partial charge in [0.2, 0.25) is 5.88 Å². The summed E-state index contributed by atoms with van der Waals surface area (Å²) < 4.78 is 18.3. The van der Waals surface area contributed by atoms with Crippen molar-refractivity contribution in [3.05, 3.63) is 59.0 Å². The molecule has 6 heteroatoms. The molecule has 0 unspecified atom stereocenters. The molecule has 0 amide bonds. The van der Waals surface area contributed by atoms with Crippen molar-refractivity contribution in [3.8, 4) is 5.88 Å². The van der Waals surface area contributed by atoms with Crippen LogP contribution in [0.4, 0.5) is 4.39 Å². The Morgan fingerprint density at radius 2 is 2.08 bits per heavy atom. The summed E-state index contributed by atoms with van der Waals surface area (Å²) in [5, 5.41) is 6.51. The predicted octanol–water partition coefficient (Wildman–Crippen LogP) is 2.84. The lowest BCUT2D eigenvalue weighted by atomic mass is 10.1. The number of pyridine rings is 1. The van der Waals surface area contributed by atoms with Crippen molar-refractivity contribution in [1.82, 2.24) is 15.6 Å². The van der Waals surface area contributed by atoms with Crippen LogP contribution >= 0.6 is 0 Å². The van der Waals surface area contributed by atoms with E-state index in [9.17, 15) is 4.39 Å². The van der Waals surface area contributed by atoms with E-state index in [1.165, 1.54) is 6.07 Å². The fourth-order valence-electron chi connectivity index (χ4n) is 2.42. The zero-order chi connectivity index (χ0) is 18.1. The van der Waals surface area contributed by atoms with Crippen molar-refractivity contribution in [2.45, 2.75) is 26.8 Å². The number of halogens is 1. The maximum atomic E-state index is 13.2. The summed E-state index contributed by atoms with van der Waals surface area (Å²) in [7, 11) is 1.60. The van der Waals surface area contributed by atoms with E-state index in [0.29, 0.717) is 19.0 Å². The smallest absolute Gasteiger partial charge is 0.213 e. The third-order valence-corrected chi connectivity index (χ3v) is 3.73. The van der Waals surface area contributed by atoms with E-state index in [4.69, 9.17) is 4.74 Å². The van der Waals surface area contributed by atoms with Gasteiger partial charge >= 0.3 is 0 Å². The molecule has 0 saturated heterocycles. The molecular weight excluding hydrogens is 319 g/mol. The first-order valence-electron chi connectivity index (χ1n) is 8.39. The number of ether oxygens (including phenoxy) is 1. The van der Waals surface area contributed by atoms with Crippen molar-refractivity contribution >= 4 is 5.96 Å². The molecule has 0 saturated carbocycles. The second kappa shape index (κ2) is 9.61. The molecule has 1 heterocycles. The SMILES string of the molecule is CCNC(=NCc1cccc(OC)n1)NCCc1ccc(F)cc1C. The van der Waals surface area contributed by atoms with Gasteiger partial charge in [0, 0.05) is 19.2 Å². The number of hydrogen-bond donors (Lipinski definition) is 2. The van der Waals surface area contributed by atoms with E-state index in [0.717, 1.165) is 35.7 Å². The van der Waals surface area contributed by atoms with E-state index >= 15 is 0 Å². The highest BCUT2D eigenvalue weighted by Gasteiger charge is 2.03. The number of aliphatic imine (C=N–C) groups is 1. The van der Waals surface area contributed by atoms with Crippen LogP contribution in [0.1, 0.15) is 23.7 Å². The van der Waals surface area contributed by atoms with Gasteiger partial charge in [0.15, 0.2) is 5.96 Å². The van der Waals surface area contributed by atoms with E-state index in [1.54, 1.807) is 13.2 Å². The summed E-state index contributed by atoms with van der Waals surface area (Å²) in [6.07, 6.45) is 0.800. The number of hydrogen-bond acceptors (Lipinski definition) is 3. The second-order valence-electron chi connectivity index (χ2n) is 5.61. The lowest BCUT2D eigenvalue weighted by molar-refractivity contribution is 0.396. The molecule has 1 aromatic carbocycles. The highest BCUT2D eigenvalue weighted by atomic mass is 19.1. The van der Waals surface area contributed by atoms with Crippen LogP contribution in [0.2, 0.25) is 0 Å². The van der Waals surface area contributed by atoms with Crippen LogP contribution in [0.5, 0.6) is 5.88 Å². The zero-order valence-electron chi connectivity index (χ0n) is 15.0. The van der Waals surface area contributed by atoms with Crippen LogP contribution < -0.4 is 15.4 Å². The number of methoxy groups -OCH3 is 1. The Bertz CT molecular complexity index is 718. The highest BCUT2D eigenvalue weighted by molar-refractivity contribution is 5.79. The summed E-state index contributed by atoms with van der Waals surface area (Å²) in [4.78, 5) is 8.89. The van der Waals surface area contributed by atoms with Gasteiger partial charge in [0.05, 0.1) is 19.3 Å². The Hall–Kier alpha value is -2.63. The highest BCUT2D eigenvalue weighted by Crippen LogP contribution is 2.10. The average molecular weight is 344 g/mol. The first-order chi connectivity index (χ1) is 12.1. The molecular formula is C19H25FN4O. The van der Waals surface area contributed by atoms with Crippen LogP contribution in [0.3, 0.4) is 0 Å². The number of guanidine groups is 1. The van der Waals surface area contributed by atoms with Crippen LogP contribution in [-0.4, -0.2) is 31.1 Å². The monoisotopic (exact) mass is 344 g/mol. The van der Waals surface area contributed by atoms with Gasteiger partial charge in [-0.05, 0) is 49.6 Å². The van der Waals surface area contributed by atoms with Crippen molar-refractivity contribution in [2.24, 2.45) is 4.99 Å². The lowest BCUT2D eigenvalue weighted by Gasteiger charge is -2.12. The number of nitrogens with zero attached hydrogens (tertiary/aromatic N) is 2. The predicted molar refractivity (Wildman–Crippen MR) is 98.4 cm³/mol. The number of rotatable bonds is 7. The molecule has 0 aliphatic rings. The van der Waals surface area contributed by atoms with Crippen molar-refractivity contribution in [1.29, 1.82) is 0 Å². The first-order valence-corrected chi connectivity index (χ1v) is 8.39. The molecule has 2 rings (SSSR count). The normalized spacial score (nSPS) is 11.3. The van der Waals surface area contributed by atoms with Crippen molar-refractivity contribution in [3.63, 3.8) is 0 Å². The molecule has 2 N–H and O–H groups in total. The van der Waals surface area contributed by atoms with Gasteiger partial charge in [-0.15, -0.1) is 0 Å². The van der Waals surface area contributed by atoms with E-state index < -0.39 is 0 Å². The maximum absolute atomic E-state index is 13.2. The Morgan fingerprint density at radius 3 is 2.80 bits per heavy atom. The standard InChI is InChI=1S/C19H25FN4O/c1-4-21-19(23-13-17-6-5-7-18(24-17)25-3)22-11-10-15-8-9-16(20)12-14(15)2/h5-9,12H,4,10-11,13H2,1-3H3,(H2,21,22,23). The Balaban J connectivity index is 1.92. The van der Waals surface area contributed by atoms with Crippen LogP contribution in [0, 0.1) is 12.7 Å². The molecule has 0 atom stereocenters. The third-order valence-electron chi connectivity index (χ3n) is 3.73. The quantitative estimate of drug-likeness (QED) is 0.599. The molecule has 2 aromatic rings. The van der Waals surface area contributed by atoms with Gasteiger partial charge in [-0.1, -0.05) is 12.1 Å². The van der Waals surface area contributed by atoms with Gasteiger partial charge in [0.25, 0.3) is 0 Å². The maximum Gasteiger partial charge on any atom is 0.213 e. The van der Waals surface area contributed by atoms with Gasteiger partial charge in [-0.3, -0.25) is 0 Å². The molecule has 0 radical (unpaired) electrons. The van der Waals surface area contributed by atoms with Gasteiger partial charge in [-0.25, -0.2) is 14.4 Å². The van der Waals surface area contributed by atoms with Crippen LogP contribution in [0.25, 0.3) is 0 Å².